The van der Waals surface area contributed by atoms with Gasteiger partial charge < -0.3 is 16.0 Å². The van der Waals surface area contributed by atoms with Gasteiger partial charge >= 0.3 is 6.03 Å². The Balaban J connectivity index is 1.96. The van der Waals surface area contributed by atoms with Gasteiger partial charge in [0.05, 0.1) is 0 Å². The smallest absolute Gasteiger partial charge is 0.313 e. The first-order valence-electron chi connectivity index (χ1n) is 6.69. The highest BCUT2D eigenvalue weighted by molar-refractivity contribution is 9.10. The van der Waals surface area contributed by atoms with E-state index < -0.39 is 0 Å². The summed E-state index contributed by atoms with van der Waals surface area (Å²) in [5, 5.41) is 8.77. The summed E-state index contributed by atoms with van der Waals surface area (Å²) in [6.07, 6.45) is 0. The van der Waals surface area contributed by atoms with Crippen LogP contribution in [0, 0.1) is 0 Å². The largest absolute Gasteiger partial charge is 0.323 e. The van der Waals surface area contributed by atoms with E-state index in [4.69, 9.17) is 0 Å². The summed E-state index contributed by atoms with van der Waals surface area (Å²) in [5.41, 5.74) is 2.67. The molecule has 0 saturated carbocycles. The van der Waals surface area contributed by atoms with Crippen LogP contribution in [0.25, 0.3) is 0 Å². The highest BCUT2D eigenvalue weighted by Crippen LogP contribution is 2.17. The van der Waals surface area contributed by atoms with Crippen LogP contribution in [0.3, 0.4) is 0 Å². The van der Waals surface area contributed by atoms with E-state index in [0.717, 1.165) is 15.8 Å². The van der Waals surface area contributed by atoms with Gasteiger partial charge in [-0.25, -0.2) is 4.79 Å². The lowest BCUT2D eigenvalue weighted by atomic mass is 10.1. The van der Waals surface area contributed by atoms with Gasteiger partial charge in [-0.2, -0.15) is 0 Å². The molecule has 1 atom stereocenters. The maximum atomic E-state index is 11.9. The summed E-state index contributed by atoms with van der Waals surface area (Å²) in [4.78, 5) is 11.9. The number of carbonyl (C=O) groups excluding carboxylic acids is 1. The second kappa shape index (κ2) is 7.24. The molecule has 2 rings (SSSR count). The molecule has 5 heteroatoms. The highest BCUT2D eigenvalue weighted by atomic mass is 79.9. The number of nitrogens with one attached hydrogen (secondary N) is 3. The Morgan fingerprint density at radius 1 is 1.05 bits per heavy atom. The molecule has 21 heavy (non-hydrogen) atoms. The molecule has 4 nitrogen and oxygen atoms in total. The van der Waals surface area contributed by atoms with Gasteiger partial charge in [-0.3, -0.25) is 0 Å². The Morgan fingerprint density at radius 3 is 2.33 bits per heavy atom. The van der Waals surface area contributed by atoms with Gasteiger partial charge in [0.15, 0.2) is 0 Å². The third-order valence-electron chi connectivity index (χ3n) is 3.18. The molecule has 1 unspecified atom stereocenters. The minimum Gasteiger partial charge on any atom is -0.313 e. The van der Waals surface area contributed by atoms with Gasteiger partial charge in [-0.15, -0.1) is 0 Å². The molecule has 0 saturated heterocycles. The molecule has 0 spiro atoms. The summed E-state index contributed by atoms with van der Waals surface area (Å²) in [7, 11) is 1.92. The van der Waals surface area contributed by atoms with Crippen molar-refractivity contribution in [3.8, 4) is 0 Å². The van der Waals surface area contributed by atoms with Crippen LogP contribution in [0.15, 0.2) is 53.0 Å². The Labute approximate surface area is 133 Å². The fourth-order valence-electron chi connectivity index (χ4n) is 1.88. The normalized spacial score (nSPS) is 11.8. The fraction of sp³-hybridized carbons (Fsp3) is 0.188. The van der Waals surface area contributed by atoms with Crippen LogP contribution in [0.1, 0.15) is 18.5 Å². The van der Waals surface area contributed by atoms with Crippen molar-refractivity contribution in [1.29, 1.82) is 0 Å². The minimum absolute atomic E-state index is 0.262. The number of anilines is 2. The molecule has 3 N–H and O–H groups in total. The Hall–Kier alpha value is -1.85. The van der Waals surface area contributed by atoms with Crippen LogP contribution in [-0.4, -0.2) is 13.1 Å². The number of benzene rings is 2. The first-order valence-corrected chi connectivity index (χ1v) is 7.48. The molecule has 0 aromatic heterocycles. The van der Waals surface area contributed by atoms with Crippen LogP contribution in [0.4, 0.5) is 16.2 Å². The maximum Gasteiger partial charge on any atom is 0.323 e. The van der Waals surface area contributed by atoms with Crippen LogP contribution in [0.5, 0.6) is 0 Å². The molecule has 0 aliphatic heterocycles. The van der Waals surface area contributed by atoms with E-state index >= 15 is 0 Å². The maximum absolute atomic E-state index is 11.9. The fourth-order valence-corrected chi connectivity index (χ4v) is 2.28. The van der Waals surface area contributed by atoms with Gasteiger partial charge in [0.25, 0.3) is 0 Å². The summed E-state index contributed by atoms with van der Waals surface area (Å²) in [5.74, 6) is 0. The first kappa shape index (κ1) is 15.5. The van der Waals surface area contributed by atoms with Crippen LogP contribution in [0.2, 0.25) is 0 Å². The molecule has 0 aliphatic rings. The average Bonchev–Trinajstić information content (AvgIpc) is 2.47. The number of rotatable bonds is 4. The minimum atomic E-state index is -0.262. The van der Waals surface area contributed by atoms with Crippen molar-refractivity contribution in [3.63, 3.8) is 0 Å². The van der Waals surface area contributed by atoms with Crippen LogP contribution >= 0.6 is 15.9 Å². The Bertz CT molecular complexity index is 613. The summed E-state index contributed by atoms with van der Waals surface area (Å²) in [6, 6.07) is 15.3. The third-order valence-corrected chi connectivity index (χ3v) is 3.68. The molecule has 0 fully saturated rings. The van der Waals surface area contributed by atoms with Gasteiger partial charge in [0, 0.05) is 21.9 Å². The predicted molar refractivity (Wildman–Crippen MR) is 90.7 cm³/mol. The third kappa shape index (κ3) is 4.58. The van der Waals surface area contributed by atoms with Gasteiger partial charge in [-0.1, -0.05) is 34.1 Å². The lowest BCUT2D eigenvalue weighted by Gasteiger charge is -2.12. The van der Waals surface area contributed by atoms with Gasteiger partial charge in [0.1, 0.15) is 0 Å². The zero-order valence-corrected chi connectivity index (χ0v) is 13.6. The van der Waals surface area contributed by atoms with Gasteiger partial charge in [-0.05, 0) is 49.9 Å². The number of urea groups is 1. The van der Waals surface area contributed by atoms with Crippen molar-refractivity contribution in [2.75, 3.05) is 17.7 Å². The van der Waals surface area contributed by atoms with Crippen molar-refractivity contribution >= 4 is 33.3 Å². The predicted octanol–water partition coefficient (Wildman–Crippen LogP) is 4.37. The summed E-state index contributed by atoms with van der Waals surface area (Å²) in [6.45, 7) is 2.09. The number of halogens is 1. The van der Waals surface area contributed by atoms with E-state index in [-0.39, 0.29) is 12.1 Å². The summed E-state index contributed by atoms with van der Waals surface area (Å²) < 4.78 is 0.922. The second-order valence-corrected chi connectivity index (χ2v) is 5.64. The monoisotopic (exact) mass is 347 g/mol. The Kier molecular flexibility index (Phi) is 5.36. The van der Waals surface area contributed by atoms with Crippen molar-refractivity contribution in [2.45, 2.75) is 13.0 Å². The zero-order valence-electron chi connectivity index (χ0n) is 12.0. The van der Waals surface area contributed by atoms with E-state index in [0.29, 0.717) is 0 Å². The van der Waals surface area contributed by atoms with E-state index in [2.05, 4.69) is 38.8 Å². The highest BCUT2D eigenvalue weighted by Gasteiger charge is 2.05. The Morgan fingerprint density at radius 2 is 1.71 bits per heavy atom. The number of carbonyl (C=O) groups is 1. The van der Waals surface area contributed by atoms with E-state index in [1.165, 1.54) is 5.56 Å². The van der Waals surface area contributed by atoms with E-state index in [1.807, 2.05) is 55.6 Å². The molecule has 0 aliphatic carbocycles. The van der Waals surface area contributed by atoms with Crippen molar-refractivity contribution in [2.24, 2.45) is 0 Å². The standard InChI is InChI=1S/C16H18BrN3O/c1-11(18-2)12-6-8-14(9-7-12)19-16(21)20-15-5-3-4-13(17)10-15/h3-11,18H,1-2H3,(H2,19,20,21). The molecule has 0 heterocycles. The van der Waals surface area contributed by atoms with Crippen molar-refractivity contribution < 1.29 is 4.79 Å². The van der Waals surface area contributed by atoms with Crippen molar-refractivity contribution in [1.82, 2.24) is 5.32 Å². The molecule has 2 aromatic rings. The van der Waals surface area contributed by atoms with Crippen molar-refractivity contribution in [3.05, 3.63) is 58.6 Å². The summed E-state index contributed by atoms with van der Waals surface area (Å²) >= 11 is 3.37. The quantitative estimate of drug-likeness (QED) is 0.768. The zero-order chi connectivity index (χ0) is 15.2. The second-order valence-electron chi connectivity index (χ2n) is 4.72. The number of amides is 2. The SMILES string of the molecule is CNC(C)c1ccc(NC(=O)Nc2cccc(Br)c2)cc1. The molecular formula is C16H18BrN3O. The topological polar surface area (TPSA) is 53.2 Å². The number of hydrogen-bond donors (Lipinski definition) is 3. The van der Waals surface area contributed by atoms with E-state index in [9.17, 15) is 4.79 Å². The lowest BCUT2D eigenvalue weighted by molar-refractivity contribution is 0.262. The molecule has 2 amide bonds. The molecule has 2 aromatic carbocycles. The van der Waals surface area contributed by atoms with E-state index in [1.54, 1.807) is 0 Å². The lowest BCUT2D eigenvalue weighted by Crippen LogP contribution is -2.19. The first-order chi connectivity index (χ1) is 10.1. The van der Waals surface area contributed by atoms with Crippen LogP contribution in [-0.2, 0) is 0 Å². The molecule has 0 radical (unpaired) electrons. The molecule has 0 bridgehead atoms. The number of hydrogen-bond acceptors (Lipinski definition) is 2. The van der Waals surface area contributed by atoms with Crippen LogP contribution < -0.4 is 16.0 Å². The van der Waals surface area contributed by atoms with Gasteiger partial charge in [0.2, 0.25) is 0 Å². The average molecular weight is 348 g/mol. The molecular weight excluding hydrogens is 330 g/mol. The molecule has 110 valence electrons.